The maximum Gasteiger partial charge on any atom is 0.306 e. The van der Waals surface area contributed by atoms with Gasteiger partial charge in [0.15, 0.2) is 12.1 Å². The van der Waals surface area contributed by atoms with Gasteiger partial charge in [-0.2, -0.15) is 4.98 Å². The molecule has 3 N–H and O–H groups in total. The van der Waals surface area contributed by atoms with Gasteiger partial charge in [-0.15, -0.1) is 0 Å². The molecule has 0 bridgehead atoms. The lowest BCUT2D eigenvalue weighted by atomic mass is 10.2. The summed E-state index contributed by atoms with van der Waals surface area (Å²) < 4.78 is 0. The zero-order valence-electron chi connectivity index (χ0n) is 9.64. The fourth-order valence-electron chi connectivity index (χ4n) is 1.72. The third kappa shape index (κ3) is 2.25. The molecule has 94 valence electrons. The van der Waals surface area contributed by atoms with E-state index >= 15 is 0 Å². The third-order valence-electron chi connectivity index (χ3n) is 2.62. The van der Waals surface area contributed by atoms with Gasteiger partial charge in [0.05, 0.1) is 0 Å². The minimum Gasteiger partial charge on any atom is -0.337 e. The summed E-state index contributed by atoms with van der Waals surface area (Å²) in [5.74, 6) is 0.565. The summed E-state index contributed by atoms with van der Waals surface area (Å²) >= 11 is 5.85. The van der Waals surface area contributed by atoms with Crippen molar-refractivity contribution < 1.29 is 9.78 Å². The number of H-pyrrole nitrogens is 2. The van der Waals surface area contributed by atoms with Crippen LogP contribution >= 0.6 is 11.6 Å². The molecule has 0 aliphatic carbocycles. The number of carbonyl (C=O) groups is 1. The Balaban J connectivity index is 1.99. The smallest absolute Gasteiger partial charge is 0.306 e. The van der Waals surface area contributed by atoms with Crippen LogP contribution in [0.4, 0.5) is 11.5 Å². The number of anilines is 2. The number of nitrogens with zero attached hydrogens (tertiary/aromatic N) is 2. The Hall–Kier alpha value is -2.47. The number of fused-ring (bicyclic) bond motifs is 1. The first-order chi connectivity index (χ1) is 9.26. The quantitative estimate of drug-likeness (QED) is 0.565. The maximum absolute atomic E-state index is 10.6. The second-order valence-electron chi connectivity index (χ2n) is 3.86. The van der Waals surface area contributed by atoms with E-state index in [1.54, 1.807) is 30.6 Å². The van der Waals surface area contributed by atoms with Crippen molar-refractivity contribution in [3.63, 3.8) is 0 Å². The predicted octanol–water partition coefficient (Wildman–Crippen LogP) is 1.98. The van der Waals surface area contributed by atoms with Crippen LogP contribution in [0.3, 0.4) is 0 Å². The highest BCUT2D eigenvalue weighted by atomic mass is 35.5. The summed E-state index contributed by atoms with van der Waals surface area (Å²) in [5, 5.41) is 3.27. The number of aromatic nitrogens is 4. The van der Waals surface area contributed by atoms with E-state index in [9.17, 15) is 4.79 Å². The van der Waals surface area contributed by atoms with E-state index in [0.717, 1.165) is 17.5 Å². The number of aromatic amines is 2. The van der Waals surface area contributed by atoms with E-state index in [-0.39, 0.29) is 5.28 Å². The van der Waals surface area contributed by atoms with Crippen molar-refractivity contribution in [3.05, 3.63) is 41.4 Å². The van der Waals surface area contributed by atoms with Gasteiger partial charge >= 0.3 is 10.9 Å². The molecule has 0 aliphatic rings. The fourth-order valence-corrected chi connectivity index (χ4v) is 1.89. The lowest BCUT2D eigenvalue weighted by Gasteiger charge is -2.04. The van der Waals surface area contributed by atoms with Crippen LogP contribution in [-0.4, -0.2) is 21.2 Å². The molecule has 3 rings (SSSR count). The second kappa shape index (κ2) is 4.66. The van der Waals surface area contributed by atoms with Gasteiger partial charge in [0.25, 0.3) is 0 Å². The zero-order valence-corrected chi connectivity index (χ0v) is 10.4. The monoisotopic (exact) mass is 274 g/mol. The highest BCUT2D eigenvalue weighted by Crippen LogP contribution is 2.21. The van der Waals surface area contributed by atoms with Crippen molar-refractivity contribution in [2.75, 3.05) is 5.32 Å². The summed E-state index contributed by atoms with van der Waals surface area (Å²) in [6.45, 7) is 0. The van der Waals surface area contributed by atoms with Gasteiger partial charge in [0.1, 0.15) is 6.29 Å². The lowest BCUT2D eigenvalue weighted by Crippen LogP contribution is -2.01. The van der Waals surface area contributed by atoms with Gasteiger partial charge in [-0.3, -0.25) is 9.78 Å². The van der Waals surface area contributed by atoms with E-state index in [1.807, 2.05) is 0 Å². The van der Waals surface area contributed by atoms with Gasteiger partial charge < -0.3 is 5.32 Å². The molecule has 7 heteroatoms. The molecule has 6 nitrogen and oxygen atoms in total. The molecule has 0 aliphatic heterocycles. The number of carbonyl (C=O) groups excluding carboxylic acids is 1. The first-order valence-electron chi connectivity index (χ1n) is 5.51. The fraction of sp³-hybridized carbons (Fsp3) is 0. The van der Waals surface area contributed by atoms with Crippen LogP contribution in [0, 0.1) is 0 Å². The van der Waals surface area contributed by atoms with Crippen molar-refractivity contribution in [1.82, 2.24) is 15.0 Å². The molecule has 3 aromatic rings. The highest BCUT2D eigenvalue weighted by Gasteiger charge is 2.14. The molecule has 0 amide bonds. The summed E-state index contributed by atoms with van der Waals surface area (Å²) in [5.41, 5.74) is 2.76. The zero-order chi connectivity index (χ0) is 13.2. The van der Waals surface area contributed by atoms with Crippen LogP contribution in [-0.2, 0) is 0 Å². The number of benzene rings is 1. The van der Waals surface area contributed by atoms with Crippen molar-refractivity contribution in [2.24, 2.45) is 0 Å². The van der Waals surface area contributed by atoms with Gasteiger partial charge in [-0.25, -0.2) is 4.98 Å². The Morgan fingerprint density at radius 1 is 1.26 bits per heavy atom. The second-order valence-corrected chi connectivity index (χ2v) is 4.20. The van der Waals surface area contributed by atoms with Crippen LogP contribution in [0.5, 0.6) is 0 Å². The number of nitrogens with one attached hydrogen (secondary N) is 3. The molecule has 0 fully saturated rings. The number of hydrogen-bond acceptors (Lipinski definition) is 4. The number of hydrogen-bond donors (Lipinski definition) is 2. The summed E-state index contributed by atoms with van der Waals surface area (Å²) in [7, 11) is 0. The first kappa shape index (κ1) is 11.6. The number of aldehydes is 1. The van der Waals surface area contributed by atoms with Gasteiger partial charge in [-0.1, -0.05) is 4.98 Å². The van der Waals surface area contributed by atoms with E-state index < -0.39 is 0 Å². The molecule has 0 atom stereocenters. The standard InChI is InChI=1S/C12H8ClN5O/c13-12-17-10-9(14-6-15-10)11(18-12)16-8-3-1-7(5-19)2-4-8/h1-6H,(H2,14,15,16,17,18)/p+1. The van der Waals surface area contributed by atoms with Gasteiger partial charge in [0.2, 0.25) is 5.52 Å². The van der Waals surface area contributed by atoms with E-state index in [0.29, 0.717) is 17.0 Å². The molecule has 0 unspecified atom stereocenters. The van der Waals surface area contributed by atoms with E-state index in [1.165, 1.54) is 0 Å². The van der Waals surface area contributed by atoms with Crippen molar-refractivity contribution in [3.8, 4) is 0 Å². The van der Waals surface area contributed by atoms with Gasteiger partial charge in [-0.05, 0) is 35.9 Å². The Labute approximate surface area is 112 Å². The Morgan fingerprint density at radius 3 is 2.79 bits per heavy atom. The van der Waals surface area contributed by atoms with Gasteiger partial charge in [0, 0.05) is 11.3 Å². The van der Waals surface area contributed by atoms with Crippen LogP contribution in [0.15, 0.2) is 30.6 Å². The number of imidazole rings is 1. The van der Waals surface area contributed by atoms with Crippen molar-refractivity contribution in [1.29, 1.82) is 0 Å². The Morgan fingerprint density at radius 2 is 2.05 bits per heavy atom. The summed E-state index contributed by atoms with van der Waals surface area (Å²) in [6, 6.07) is 7.02. The Bertz CT molecular complexity index is 737. The SMILES string of the molecule is O=Cc1ccc(Nc2nc(Cl)nc3[nH+]c[nH]c23)cc1. The molecule has 2 aromatic heterocycles. The van der Waals surface area contributed by atoms with E-state index in [4.69, 9.17) is 11.6 Å². The van der Waals surface area contributed by atoms with Crippen LogP contribution < -0.4 is 10.3 Å². The topological polar surface area (TPSA) is 84.8 Å². The molecule has 19 heavy (non-hydrogen) atoms. The highest BCUT2D eigenvalue weighted by molar-refractivity contribution is 6.28. The third-order valence-corrected chi connectivity index (χ3v) is 2.79. The molecular formula is C12H9ClN5O+. The predicted molar refractivity (Wildman–Crippen MR) is 70.6 cm³/mol. The first-order valence-corrected chi connectivity index (χ1v) is 5.88. The number of halogens is 1. The molecule has 1 aromatic carbocycles. The van der Waals surface area contributed by atoms with Crippen LogP contribution in [0.25, 0.3) is 11.2 Å². The normalized spacial score (nSPS) is 10.6. The minimum absolute atomic E-state index is 0.148. The Kier molecular flexibility index (Phi) is 2.85. The van der Waals surface area contributed by atoms with Crippen LogP contribution in [0.2, 0.25) is 5.28 Å². The van der Waals surface area contributed by atoms with E-state index in [2.05, 4.69) is 25.3 Å². The molecule has 0 saturated heterocycles. The van der Waals surface area contributed by atoms with Crippen LogP contribution in [0.1, 0.15) is 10.4 Å². The maximum atomic E-state index is 10.6. The molecule has 0 saturated carbocycles. The largest absolute Gasteiger partial charge is 0.337 e. The molecular weight excluding hydrogens is 266 g/mol. The molecule has 0 spiro atoms. The average molecular weight is 275 g/mol. The number of rotatable bonds is 3. The lowest BCUT2D eigenvalue weighted by molar-refractivity contribution is -0.347. The minimum atomic E-state index is 0.148. The molecule has 2 heterocycles. The van der Waals surface area contributed by atoms with Crippen molar-refractivity contribution >= 4 is 40.6 Å². The van der Waals surface area contributed by atoms with Crippen molar-refractivity contribution in [2.45, 2.75) is 0 Å². The summed E-state index contributed by atoms with van der Waals surface area (Å²) in [6.07, 6.45) is 2.44. The molecule has 0 radical (unpaired) electrons. The summed E-state index contributed by atoms with van der Waals surface area (Å²) in [4.78, 5) is 24.7. The average Bonchev–Trinajstić information content (AvgIpc) is 2.88.